The Morgan fingerprint density at radius 1 is 0.947 bits per heavy atom. The van der Waals surface area contributed by atoms with Crippen LogP contribution < -0.4 is 0 Å². The minimum Gasteiger partial charge on any atom is -0.247 e. The maximum absolute atomic E-state index is 12.3. The van der Waals surface area contributed by atoms with E-state index in [2.05, 4.69) is 19.7 Å². The highest BCUT2D eigenvalue weighted by Crippen LogP contribution is 2.21. The molecule has 0 aromatic heterocycles. The number of hydrogen-bond donors (Lipinski definition) is 0. The number of carbonyl (C=O) groups excluding carboxylic acids is 3. The van der Waals surface area contributed by atoms with Gasteiger partial charge in [0, 0.05) is 0 Å². The van der Waals surface area contributed by atoms with E-state index in [1.54, 1.807) is 0 Å². The first-order valence-electron chi connectivity index (χ1n) is 5.80. The summed E-state index contributed by atoms with van der Waals surface area (Å²) in [5.74, 6) is 0. The summed E-state index contributed by atoms with van der Waals surface area (Å²) in [5, 5.41) is 0. The van der Waals surface area contributed by atoms with Crippen LogP contribution in [0.15, 0.2) is 38.0 Å². The molecule has 1 saturated heterocycles. The van der Waals surface area contributed by atoms with Gasteiger partial charge in [0.15, 0.2) is 0 Å². The van der Waals surface area contributed by atoms with Gasteiger partial charge in [-0.1, -0.05) is 18.7 Å². The molecule has 0 aliphatic carbocycles. The van der Waals surface area contributed by atoms with Crippen molar-refractivity contribution >= 4 is 28.5 Å². The third kappa shape index (κ3) is 2.42. The Kier molecular flexibility index (Phi) is 4.57. The second-order valence-corrected chi connectivity index (χ2v) is 5.84. The van der Waals surface area contributed by atoms with E-state index < -0.39 is 22.2 Å². The van der Waals surface area contributed by atoms with Crippen LogP contribution in [0.1, 0.15) is 0 Å². The van der Waals surface area contributed by atoms with Crippen molar-refractivity contribution in [1.82, 2.24) is 9.80 Å². The normalized spacial score (nSPS) is 18.6. The summed E-state index contributed by atoms with van der Waals surface area (Å²) in [6.45, 7) is 11.0. The summed E-state index contributed by atoms with van der Waals surface area (Å²) < 4.78 is -0.406. The molecule has 6 amide bonds. The van der Waals surface area contributed by atoms with Gasteiger partial charge in [-0.25, -0.2) is 28.3 Å². The first-order chi connectivity index (χ1) is 8.93. The molecule has 1 fully saturated rings. The standard InChI is InChI=1S/C12H18N3O3Si/c1-4-7-13-10(16)14(8-5-2)12(18)15(19,9-6-3)11(13)17/h4-6H,1-3,7-9H2,19H3/q+1. The molecule has 0 atom stereocenters. The largest absolute Gasteiger partial charge is 0.418 e. The van der Waals surface area contributed by atoms with Crippen LogP contribution in [0.4, 0.5) is 14.4 Å². The maximum Gasteiger partial charge on any atom is 0.418 e. The van der Waals surface area contributed by atoms with E-state index in [0.29, 0.717) is 0 Å². The summed E-state index contributed by atoms with van der Waals surface area (Å²) in [6, 6.07) is -1.65. The van der Waals surface area contributed by atoms with Gasteiger partial charge < -0.3 is 0 Å². The number of amides is 6. The Morgan fingerprint density at radius 2 is 1.37 bits per heavy atom. The molecule has 0 N–H and O–H groups in total. The second-order valence-electron chi connectivity index (χ2n) is 4.31. The number of rotatable bonds is 6. The molecule has 0 aromatic carbocycles. The Morgan fingerprint density at radius 3 is 1.68 bits per heavy atom. The molecule has 1 heterocycles. The molecule has 1 aliphatic rings. The monoisotopic (exact) mass is 280 g/mol. The Bertz CT molecular complexity index is 429. The van der Waals surface area contributed by atoms with Crippen molar-refractivity contribution in [2.45, 2.75) is 0 Å². The van der Waals surface area contributed by atoms with E-state index in [-0.39, 0.29) is 30.0 Å². The van der Waals surface area contributed by atoms with E-state index in [0.717, 1.165) is 9.80 Å². The molecule has 1 rings (SSSR count). The molecule has 102 valence electrons. The van der Waals surface area contributed by atoms with E-state index in [1.807, 2.05) is 0 Å². The lowest BCUT2D eigenvalue weighted by atomic mass is 10.4. The van der Waals surface area contributed by atoms with Crippen LogP contribution in [0.25, 0.3) is 0 Å². The summed E-state index contributed by atoms with van der Waals surface area (Å²) in [7, 11) is 0.252. The van der Waals surface area contributed by atoms with Crippen LogP contribution in [-0.2, 0) is 0 Å². The molecule has 0 bridgehead atoms. The van der Waals surface area contributed by atoms with E-state index in [1.165, 1.54) is 18.2 Å². The third-order valence-corrected chi connectivity index (χ3v) is 4.02. The van der Waals surface area contributed by atoms with Crippen molar-refractivity contribution in [3.8, 4) is 0 Å². The lowest BCUT2D eigenvalue weighted by molar-refractivity contribution is -0.646. The van der Waals surface area contributed by atoms with Crippen molar-refractivity contribution < 1.29 is 18.5 Å². The van der Waals surface area contributed by atoms with Gasteiger partial charge >= 0.3 is 18.1 Å². The molecule has 7 heteroatoms. The zero-order valence-electron chi connectivity index (χ0n) is 11.0. The first-order valence-corrected chi connectivity index (χ1v) is 6.69. The minimum atomic E-state index is -0.622. The van der Waals surface area contributed by atoms with Crippen LogP contribution in [0.2, 0.25) is 0 Å². The van der Waals surface area contributed by atoms with Gasteiger partial charge in [-0.05, 0) is 6.08 Å². The zero-order chi connectivity index (χ0) is 14.6. The summed E-state index contributed by atoms with van der Waals surface area (Å²) >= 11 is 0. The van der Waals surface area contributed by atoms with Gasteiger partial charge in [0.2, 0.25) is 0 Å². The quantitative estimate of drug-likeness (QED) is 0.529. The number of imide groups is 3. The minimum absolute atomic E-state index is 0.0813. The average Bonchev–Trinajstić information content (AvgIpc) is 2.38. The smallest absolute Gasteiger partial charge is 0.247 e. The van der Waals surface area contributed by atoms with Gasteiger partial charge in [0.05, 0.1) is 19.6 Å². The van der Waals surface area contributed by atoms with Crippen LogP contribution >= 0.6 is 0 Å². The van der Waals surface area contributed by atoms with Crippen molar-refractivity contribution in [1.29, 1.82) is 0 Å². The molecule has 0 saturated carbocycles. The lowest BCUT2D eigenvalue weighted by Gasteiger charge is -2.41. The topological polar surface area (TPSA) is 57.7 Å². The number of hydrogen-bond acceptors (Lipinski definition) is 3. The summed E-state index contributed by atoms with van der Waals surface area (Å²) in [4.78, 5) is 38.9. The van der Waals surface area contributed by atoms with Gasteiger partial charge in [-0.3, -0.25) is 0 Å². The molecular weight excluding hydrogens is 262 g/mol. The number of quaternary nitrogens is 1. The summed E-state index contributed by atoms with van der Waals surface area (Å²) in [6.07, 6.45) is 4.42. The third-order valence-electron chi connectivity index (χ3n) is 2.89. The highest BCUT2D eigenvalue weighted by atomic mass is 28.2. The summed E-state index contributed by atoms with van der Waals surface area (Å²) in [5.41, 5.74) is 0. The second kappa shape index (κ2) is 5.76. The molecule has 1 aliphatic heterocycles. The fourth-order valence-corrected chi connectivity index (χ4v) is 2.65. The fourth-order valence-electron chi connectivity index (χ4n) is 1.91. The van der Waals surface area contributed by atoms with Gasteiger partial charge in [-0.15, -0.1) is 13.2 Å². The van der Waals surface area contributed by atoms with Crippen LogP contribution in [0.3, 0.4) is 0 Å². The Balaban J connectivity index is 3.26. The SMILES string of the molecule is C=CCN1C(=O)N(CC=C)C(=O)[N+]([SiH3])(CC=C)C1=O. The first kappa shape index (κ1) is 15.1. The molecular formula is C12H18N3O3Si+. The van der Waals surface area contributed by atoms with Gasteiger partial charge in [0.1, 0.15) is 0 Å². The zero-order valence-corrected chi connectivity index (χ0v) is 13.0. The van der Waals surface area contributed by atoms with Gasteiger partial charge in [0.25, 0.3) is 10.4 Å². The average molecular weight is 280 g/mol. The van der Waals surface area contributed by atoms with Crippen LogP contribution in [-0.4, -0.2) is 62.1 Å². The van der Waals surface area contributed by atoms with Crippen molar-refractivity contribution in [2.75, 3.05) is 19.6 Å². The molecule has 0 unspecified atom stereocenters. The predicted octanol–water partition coefficient (Wildman–Crippen LogP) is 0.619. The van der Waals surface area contributed by atoms with Crippen molar-refractivity contribution in [3.05, 3.63) is 38.0 Å². The van der Waals surface area contributed by atoms with E-state index in [4.69, 9.17) is 0 Å². The predicted molar refractivity (Wildman–Crippen MR) is 75.3 cm³/mol. The molecule has 0 radical (unpaired) electrons. The van der Waals surface area contributed by atoms with Crippen molar-refractivity contribution in [2.24, 2.45) is 0 Å². The van der Waals surface area contributed by atoms with Crippen LogP contribution in [0, 0.1) is 0 Å². The Labute approximate surface area is 115 Å². The van der Waals surface area contributed by atoms with Crippen molar-refractivity contribution in [3.63, 3.8) is 0 Å². The Hall–Kier alpha value is -1.99. The highest BCUT2D eigenvalue weighted by molar-refractivity contribution is 6.18. The van der Waals surface area contributed by atoms with E-state index in [9.17, 15) is 14.4 Å². The number of nitrogens with zero attached hydrogens (tertiary/aromatic N) is 3. The molecule has 19 heavy (non-hydrogen) atoms. The van der Waals surface area contributed by atoms with E-state index >= 15 is 0 Å². The highest BCUT2D eigenvalue weighted by Gasteiger charge is 2.53. The van der Waals surface area contributed by atoms with Gasteiger partial charge in [-0.2, -0.15) is 0 Å². The molecule has 0 spiro atoms. The van der Waals surface area contributed by atoms with Crippen LogP contribution in [0.5, 0.6) is 0 Å². The molecule has 6 nitrogen and oxygen atoms in total. The number of urea groups is 3. The number of carbonyl (C=O) groups is 3. The fraction of sp³-hybridized carbons (Fsp3) is 0.250. The maximum atomic E-state index is 12.3. The molecule has 0 aromatic rings. The lowest BCUT2D eigenvalue weighted by Crippen LogP contribution is -2.72.